The fourth-order valence-electron chi connectivity index (χ4n) is 2.56. The van der Waals surface area contributed by atoms with E-state index in [0.29, 0.717) is 13.2 Å². The van der Waals surface area contributed by atoms with Gasteiger partial charge in [0.1, 0.15) is 0 Å². The van der Waals surface area contributed by atoms with E-state index in [0.717, 1.165) is 50.6 Å². The maximum absolute atomic E-state index is 5.45. The fourth-order valence-corrected chi connectivity index (χ4v) is 2.56. The molecule has 148 valence electrons. The van der Waals surface area contributed by atoms with Crippen LogP contribution in [0, 0.1) is 0 Å². The Labute approximate surface area is 161 Å². The molecule has 1 heterocycles. The van der Waals surface area contributed by atoms with Gasteiger partial charge in [0, 0.05) is 46.2 Å². The number of hydrogen-bond donors (Lipinski definition) is 2. The fraction of sp³-hybridized carbons (Fsp3) is 0.500. The highest BCUT2D eigenvalue weighted by atomic mass is 16.5. The summed E-state index contributed by atoms with van der Waals surface area (Å²) in [4.78, 5) is 4.26. The Morgan fingerprint density at radius 1 is 1.07 bits per heavy atom. The molecule has 1 aromatic heterocycles. The van der Waals surface area contributed by atoms with Gasteiger partial charge in [0.05, 0.1) is 18.9 Å². The summed E-state index contributed by atoms with van der Waals surface area (Å²) in [6.45, 7) is 3.80. The van der Waals surface area contributed by atoms with Gasteiger partial charge in [-0.1, -0.05) is 12.1 Å². The molecule has 0 saturated heterocycles. The number of unbranched alkanes of at least 4 members (excludes halogenated alkanes) is 1. The zero-order valence-electron chi connectivity index (χ0n) is 16.4. The highest BCUT2D eigenvalue weighted by Gasteiger charge is 2.00. The molecule has 0 amide bonds. The molecule has 2 rings (SSSR count). The van der Waals surface area contributed by atoms with Crippen molar-refractivity contribution < 1.29 is 9.47 Å². The van der Waals surface area contributed by atoms with Crippen molar-refractivity contribution in [3.05, 3.63) is 48.3 Å². The van der Waals surface area contributed by atoms with E-state index >= 15 is 0 Å². The summed E-state index contributed by atoms with van der Waals surface area (Å²) in [7, 11) is 3.48. The van der Waals surface area contributed by atoms with Crippen molar-refractivity contribution in [2.24, 2.45) is 4.99 Å². The average molecular weight is 374 g/mol. The number of aromatic nitrogens is 2. The monoisotopic (exact) mass is 373 g/mol. The third-order valence-corrected chi connectivity index (χ3v) is 4.07. The molecular formula is C20H31N5O2. The first-order valence-electron chi connectivity index (χ1n) is 9.43. The maximum atomic E-state index is 5.45. The molecule has 27 heavy (non-hydrogen) atoms. The second-order valence-corrected chi connectivity index (χ2v) is 6.11. The normalized spacial score (nSPS) is 11.6. The Hall–Kier alpha value is -2.38. The second-order valence-electron chi connectivity index (χ2n) is 6.11. The topological polar surface area (TPSA) is 72.7 Å². The Kier molecular flexibility index (Phi) is 9.99. The third-order valence-electron chi connectivity index (χ3n) is 4.07. The average Bonchev–Trinajstić information content (AvgIpc) is 3.24. The maximum Gasteiger partial charge on any atom is 0.190 e. The van der Waals surface area contributed by atoms with Crippen molar-refractivity contribution in [2.75, 3.05) is 47.1 Å². The number of rotatable bonds is 12. The molecule has 0 bridgehead atoms. The summed E-state index contributed by atoms with van der Waals surface area (Å²) in [6.07, 6.45) is 6.73. The van der Waals surface area contributed by atoms with Crippen LogP contribution in [0.5, 0.6) is 0 Å². The van der Waals surface area contributed by atoms with Crippen LogP contribution in [0.1, 0.15) is 18.4 Å². The predicted molar refractivity (Wildman–Crippen MR) is 109 cm³/mol. The molecule has 7 heteroatoms. The van der Waals surface area contributed by atoms with Crippen LogP contribution in [0.3, 0.4) is 0 Å². The van der Waals surface area contributed by atoms with Gasteiger partial charge in [0.2, 0.25) is 0 Å². The van der Waals surface area contributed by atoms with Crippen LogP contribution in [0.25, 0.3) is 5.69 Å². The summed E-state index contributed by atoms with van der Waals surface area (Å²) in [5, 5.41) is 10.9. The highest BCUT2D eigenvalue weighted by Crippen LogP contribution is 2.08. The SMILES string of the molecule is CN=C(NCCCCOCCOC)NCCc1ccc(-n2cccn2)cc1. The van der Waals surface area contributed by atoms with Crippen molar-refractivity contribution in [1.29, 1.82) is 0 Å². The first-order valence-corrected chi connectivity index (χ1v) is 9.43. The van der Waals surface area contributed by atoms with Gasteiger partial charge in [-0.25, -0.2) is 4.68 Å². The summed E-state index contributed by atoms with van der Waals surface area (Å²) in [5.74, 6) is 0.837. The Morgan fingerprint density at radius 3 is 2.59 bits per heavy atom. The number of nitrogens with zero attached hydrogens (tertiary/aromatic N) is 3. The Balaban J connectivity index is 1.58. The number of guanidine groups is 1. The quantitative estimate of drug-likeness (QED) is 0.338. The lowest BCUT2D eigenvalue weighted by Gasteiger charge is -2.12. The second kappa shape index (κ2) is 12.9. The minimum Gasteiger partial charge on any atom is -0.382 e. The summed E-state index contributed by atoms with van der Waals surface area (Å²) >= 11 is 0. The van der Waals surface area contributed by atoms with Crippen LogP contribution in [0.2, 0.25) is 0 Å². The lowest BCUT2D eigenvalue weighted by Crippen LogP contribution is -2.38. The van der Waals surface area contributed by atoms with E-state index in [2.05, 4.69) is 45.0 Å². The van der Waals surface area contributed by atoms with E-state index in [1.54, 1.807) is 20.4 Å². The minimum atomic E-state index is 0.654. The molecule has 7 nitrogen and oxygen atoms in total. The number of benzene rings is 1. The predicted octanol–water partition coefficient (Wildman–Crippen LogP) is 2.02. The zero-order valence-corrected chi connectivity index (χ0v) is 16.4. The van der Waals surface area contributed by atoms with Crippen molar-refractivity contribution in [3.63, 3.8) is 0 Å². The van der Waals surface area contributed by atoms with Gasteiger partial charge in [0.15, 0.2) is 5.96 Å². The molecule has 0 saturated carbocycles. The molecule has 0 radical (unpaired) electrons. The Morgan fingerprint density at radius 2 is 1.89 bits per heavy atom. The molecule has 2 N–H and O–H groups in total. The number of ether oxygens (including phenoxy) is 2. The molecule has 0 aliphatic carbocycles. The van der Waals surface area contributed by atoms with Crippen LogP contribution in [-0.2, 0) is 15.9 Å². The molecule has 1 aromatic carbocycles. The molecule has 0 fully saturated rings. The summed E-state index contributed by atoms with van der Waals surface area (Å²) < 4.78 is 12.2. The smallest absolute Gasteiger partial charge is 0.190 e. The minimum absolute atomic E-state index is 0.654. The van der Waals surface area contributed by atoms with Crippen molar-refractivity contribution in [3.8, 4) is 5.69 Å². The molecule has 2 aromatic rings. The highest BCUT2D eigenvalue weighted by molar-refractivity contribution is 5.79. The van der Waals surface area contributed by atoms with E-state index in [9.17, 15) is 0 Å². The van der Waals surface area contributed by atoms with Crippen molar-refractivity contribution >= 4 is 5.96 Å². The molecule has 0 atom stereocenters. The molecule has 0 unspecified atom stereocenters. The van der Waals surface area contributed by atoms with Crippen LogP contribution in [0.15, 0.2) is 47.7 Å². The van der Waals surface area contributed by atoms with Crippen molar-refractivity contribution in [2.45, 2.75) is 19.3 Å². The number of hydrogen-bond acceptors (Lipinski definition) is 4. The first kappa shape index (κ1) is 20.9. The largest absolute Gasteiger partial charge is 0.382 e. The standard InChI is InChI=1S/C20H31N5O2/c1-21-20(22-11-3-4-15-27-17-16-26-2)23-13-10-18-6-8-19(9-7-18)25-14-5-12-24-25/h5-9,12,14H,3-4,10-11,13,15-17H2,1-2H3,(H2,21,22,23). The van der Waals surface area contributed by atoms with Gasteiger partial charge in [-0.05, 0) is 43.0 Å². The van der Waals surface area contributed by atoms with E-state index in [1.807, 2.05) is 16.9 Å². The first-order chi connectivity index (χ1) is 13.3. The van der Waals surface area contributed by atoms with E-state index in [1.165, 1.54) is 5.56 Å². The van der Waals surface area contributed by atoms with E-state index in [4.69, 9.17) is 9.47 Å². The van der Waals surface area contributed by atoms with Crippen molar-refractivity contribution in [1.82, 2.24) is 20.4 Å². The molecule has 0 aliphatic heterocycles. The molecular weight excluding hydrogens is 342 g/mol. The van der Waals surface area contributed by atoms with Gasteiger partial charge in [-0.2, -0.15) is 5.10 Å². The number of nitrogens with one attached hydrogen (secondary N) is 2. The van der Waals surface area contributed by atoms with Gasteiger partial charge in [-0.15, -0.1) is 0 Å². The van der Waals surface area contributed by atoms with Crippen LogP contribution in [0.4, 0.5) is 0 Å². The number of aliphatic imine (C=N–C) groups is 1. The molecule has 0 spiro atoms. The lowest BCUT2D eigenvalue weighted by molar-refractivity contribution is 0.0689. The zero-order chi connectivity index (χ0) is 19.2. The van der Waals surface area contributed by atoms with Crippen LogP contribution >= 0.6 is 0 Å². The lowest BCUT2D eigenvalue weighted by atomic mass is 10.1. The van der Waals surface area contributed by atoms with E-state index < -0.39 is 0 Å². The van der Waals surface area contributed by atoms with Gasteiger partial charge in [-0.3, -0.25) is 4.99 Å². The van der Waals surface area contributed by atoms with Crippen LogP contribution < -0.4 is 10.6 Å². The third kappa shape index (κ3) is 8.23. The summed E-state index contributed by atoms with van der Waals surface area (Å²) in [6, 6.07) is 10.4. The van der Waals surface area contributed by atoms with Gasteiger partial charge >= 0.3 is 0 Å². The van der Waals surface area contributed by atoms with Gasteiger partial charge in [0.25, 0.3) is 0 Å². The molecule has 0 aliphatic rings. The van der Waals surface area contributed by atoms with Crippen LogP contribution in [-0.4, -0.2) is 62.8 Å². The summed E-state index contributed by atoms with van der Waals surface area (Å²) in [5.41, 5.74) is 2.35. The Bertz CT molecular complexity index is 641. The van der Waals surface area contributed by atoms with Gasteiger partial charge < -0.3 is 20.1 Å². The number of methoxy groups -OCH3 is 1. The van der Waals surface area contributed by atoms with E-state index in [-0.39, 0.29) is 0 Å².